The molecule has 2 bridgehead atoms. The van der Waals surface area contributed by atoms with E-state index in [2.05, 4.69) is 17.4 Å². The van der Waals surface area contributed by atoms with Crippen molar-refractivity contribution in [2.45, 2.75) is 50.7 Å². The number of nitrogens with one attached hydrogen (secondary N) is 1. The lowest BCUT2D eigenvalue weighted by atomic mass is 9.45. The molecule has 4 aliphatic rings. The minimum Gasteiger partial charge on any atom is -0.444 e. The van der Waals surface area contributed by atoms with Crippen molar-refractivity contribution in [2.75, 3.05) is 7.05 Å². The van der Waals surface area contributed by atoms with E-state index < -0.39 is 35.0 Å². The Morgan fingerprint density at radius 1 is 1.00 bits per heavy atom. The second-order valence-electron chi connectivity index (χ2n) is 10.1. The SMILES string of the molecule is CC(NC(=O)OC(C)(C)C)C12c3ccccc3C(c3ccccc31)[C@H]1C(=O)N(C)C(=O)[C@H]12. The van der Waals surface area contributed by atoms with Crippen LogP contribution in [0, 0.1) is 11.8 Å². The van der Waals surface area contributed by atoms with Gasteiger partial charge in [0, 0.05) is 19.0 Å². The van der Waals surface area contributed by atoms with Crippen LogP contribution in [0.4, 0.5) is 4.79 Å². The molecule has 6 heteroatoms. The summed E-state index contributed by atoms with van der Waals surface area (Å²) in [6, 6.07) is 15.6. The van der Waals surface area contributed by atoms with Crippen LogP contribution in [0.15, 0.2) is 48.5 Å². The average Bonchev–Trinajstić information content (AvgIpc) is 2.97. The molecule has 3 atom stereocenters. The zero-order valence-electron chi connectivity index (χ0n) is 19.0. The van der Waals surface area contributed by atoms with E-state index >= 15 is 0 Å². The molecule has 2 aromatic rings. The van der Waals surface area contributed by atoms with Crippen LogP contribution < -0.4 is 5.32 Å². The van der Waals surface area contributed by atoms with Crippen LogP contribution in [-0.4, -0.2) is 41.5 Å². The molecule has 1 N–H and O–H groups in total. The summed E-state index contributed by atoms with van der Waals surface area (Å²) in [5.74, 6) is -1.58. The number of benzene rings is 2. The number of carbonyl (C=O) groups is 3. The van der Waals surface area contributed by atoms with E-state index in [0.29, 0.717) is 0 Å². The zero-order chi connectivity index (χ0) is 23.0. The van der Waals surface area contributed by atoms with Gasteiger partial charge in [0.2, 0.25) is 11.8 Å². The van der Waals surface area contributed by atoms with Gasteiger partial charge in [-0.2, -0.15) is 0 Å². The number of alkyl carbamates (subject to hydrolysis) is 1. The fourth-order valence-electron chi connectivity index (χ4n) is 6.31. The van der Waals surface area contributed by atoms with Crippen LogP contribution in [0.5, 0.6) is 0 Å². The molecule has 166 valence electrons. The molecule has 0 spiro atoms. The third-order valence-corrected chi connectivity index (χ3v) is 7.32. The van der Waals surface area contributed by atoms with Crippen molar-refractivity contribution in [1.29, 1.82) is 0 Å². The second kappa shape index (κ2) is 6.67. The van der Waals surface area contributed by atoms with Gasteiger partial charge in [-0.1, -0.05) is 48.5 Å². The molecule has 1 saturated heterocycles. The Bertz CT molecular complexity index is 1100. The lowest BCUT2D eigenvalue weighted by Crippen LogP contribution is -2.62. The lowest BCUT2D eigenvalue weighted by Gasteiger charge is -2.56. The van der Waals surface area contributed by atoms with Gasteiger partial charge in [-0.15, -0.1) is 0 Å². The van der Waals surface area contributed by atoms with Gasteiger partial charge in [0.15, 0.2) is 0 Å². The van der Waals surface area contributed by atoms with E-state index in [-0.39, 0.29) is 17.7 Å². The van der Waals surface area contributed by atoms with Crippen LogP contribution in [0.3, 0.4) is 0 Å². The first-order valence-electron chi connectivity index (χ1n) is 11.1. The van der Waals surface area contributed by atoms with Crippen molar-refractivity contribution in [3.05, 3.63) is 70.8 Å². The Kier molecular flexibility index (Phi) is 4.32. The molecule has 0 radical (unpaired) electrons. The third-order valence-electron chi connectivity index (χ3n) is 7.32. The number of likely N-dealkylation sites (tertiary alicyclic amines) is 1. The third kappa shape index (κ3) is 2.55. The number of carbonyl (C=O) groups excluding carboxylic acids is 3. The number of rotatable bonds is 2. The maximum absolute atomic E-state index is 13.5. The Hall–Kier alpha value is -3.15. The quantitative estimate of drug-likeness (QED) is 0.736. The topological polar surface area (TPSA) is 75.7 Å². The van der Waals surface area contributed by atoms with Gasteiger partial charge in [-0.25, -0.2) is 4.79 Å². The number of ether oxygens (including phenoxy) is 1. The predicted molar refractivity (Wildman–Crippen MR) is 119 cm³/mol. The molecule has 3 aliphatic carbocycles. The first-order chi connectivity index (χ1) is 15.1. The largest absolute Gasteiger partial charge is 0.444 e. The molecule has 1 heterocycles. The van der Waals surface area contributed by atoms with Gasteiger partial charge >= 0.3 is 6.09 Å². The monoisotopic (exact) mass is 432 g/mol. The van der Waals surface area contributed by atoms with E-state index in [4.69, 9.17) is 4.74 Å². The minimum absolute atomic E-state index is 0.150. The zero-order valence-corrected chi connectivity index (χ0v) is 19.0. The molecule has 3 amide bonds. The smallest absolute Gasteiger partial charge is 0.407 e. The first kappa shape index (κ1) is 20.7. The molecule has 6 rings (SSSR count). The molecular formula is C26H28N2O4. The molecule has 0 aromatic heterocycles. The van der Waals surface area contributed by atoms with Crippen molar-refractivity contribution in [2.24, 2.45) is 11.8 Å². The molecule has 6 nitrogen and oxygen atoms in total. The van der Waals surface area contributed by atoms with E-state index in [1.807, 2.05) is 64.1 Å². The highest BCUT2D eigenvalue weighted by molar-refractivity contribution is 6.08. The van der Waals surface area contributed by atoms with E-state index in [9.17, 15) is 14.4 Å². The molecule has 2 aromatic carbocycles. The molecular weight excluding hydrogens is 404 g/mol. The average molecular weight is 433 g/mol. The Balaban J connectivity index is 1.76. The summed E-state index contributed by atoms with van der Waals surface area (Å²) in [6.07, 6.45) is -0.538. The summed E-state index contributed by atoms with van der Waals surface area (Å²) in [5.41, 5.74) is 2.60. The van der Waals surface area contributed by atoms with Gasteiger partial charge in [-0.3, -0.25) is 14.5 Å². The van der Waals surface area contributed by atoms with Gasteiger partial charge in [0.25, 0.3) is 0 Å². The van der Waals surface area contributed by atoms with Crippen molar-refractivity contribution in [1.82, 2.24) is 10.2 Å². The second-order valence-corrected chi connectivity index (χ2v) is 10.1. The van der Waals surface area contributed by atoms with Crippen LogP contribution in [0.2, 0.25) is 0 Å². The molecule has 1 unspecified atom stereocenters. The fraction of sp³-hybridized carbons (Fsp3) is 0.423. The highest BCUT2D eigenvalue weighted by Crippen LogP contribution is 2.64. The van der Waals surface area contributed by atoms with E-state index in [0.717, 1.165) is 22.3 Å². The van der Waals surface area contributed by atoms with Crippen LogP contribution >= 0.6 is 0 Å². The first-order valence-corrected chi connectivity index (χ1v) is 11.1. The normalized spacial score (nSPS) is 28.7. The fourth-order valence-corrected chi connectivity index (χ4v) is 6.31. The summed E-state index contributed by atoms with van der Waals surface area (Å²) in [6.45, 7) is 7.36. The summed E-state index contributed by atoms with van der Waals surface area (Å²) in [4.78, 5) is 41.0. The van der Waals surface area contributed by atoms with Crippen molar-refractivity contribution in [3.63, 3.8) is 0 Å². The standard InChI is InChI=1S/C26H28N2O4/c1-14(27-24(31)32-25(2,3)4)26-17-12-8-6-10-15(17)19(16-11-7-9-13-18(16)26)20-21(26)23(30)28(5)22(20)29/h6-14,19-21H,1-5H3,(H,27,31)/t14?,19?,20-,21+,26?/m1/s1. The van der Waals surface area contributed by atoms with Crippen LogP contribution in [0.1, 0.15) is 55.9 Å². The number of nitrogens with zero attached hydrogens (tertiary/aromatic N) is 1. The Morgan fingerprint density at radius 2 is 1.53 bits per heavy atom. The van der Waals surface area contributed by atoms with Crippen molar-refractivity contribution in [3.8, 4) is 0 Å². The summed E-state index contributed by atoms with van der Waals surface area (Å²) < 4.78 is 5.55. The summed E-state index contributed by atoms with van der Waals surface area (Å²) in [7, 11) is 1.57. The van der Waals surface area contributed by atoms with Crippen LogP contribution in [0.25, 0.3) is 0 Å². The molecule has 0 saturated carbocycles. The highest BCUT2D eigenvalue weighted by atomic mass is 16.6. The summed E-state index contributed by atoms with van der Waals surface area (Å²) in [5, 5.41) is 3.02. The number of amides is 3. The van der Waals surface area contributed by atoms with Gasteiger partial charge in [0.05, 0.1) is 17.3 Å². The highest BCUT2D eigenvalue weighted by Gasteiger charge is 2.69. The predicted octanol–water partition coefficient (Wildman–Crippen LogP) is 3.58. The maximum Gasteiger partial charge on any atom is 0.407 e. The number of hydrogen-bond donors (Lipinski definition) is 1. The van der Waals surface area contributed by atoms with E-state index in [1.54, 1.807) is 7.05 Å². The number of hydrogen-bond acceptors (Lipinski definition) is 4. The van der Waals surface area contributed by atoms with Crippen LogP contribution in [-0.2, 0) is 19.7 Å². The molecule has 1 fully saturated rings. The Morgan fingerprint density at radius 3 is 2.06 bits per heavy atom. The lowest BCUT2D eigenvalue weighted by molar-refractivity contribution is -0.138. The Labute approximate surface area is 187 Å². The van der Waals surface area contributed by atoms with Crippen molar-refractivity contribution >= 4 is 17.9 Å². The molecule has 1 aliphatic heterocycles. The van der Waals surface area contributed by atoms with Gasteiger partial charge in [-0.05, 0) is 49.9 Å². The maximum atomic E-state index is 13.5. The molecule has 32 heavy (non-hydrogen) atoms. The van der Waals surface area contributed by atoms with Gasteiger partial charge < -0.3 is 10.1 Å². The van der Waals surface area contributed by atoms with E-state index in [1.165, 1.54) is 4.90 Å². The minimum atomic E-state index is -0.874. The summed E-state index contributed by atoms with van der Waals surface area (Å²) >= 11 is 0. The van der Waals surface area contributed by atoms with Gasteiger partial charge in [0.1, 0.15) is 5.60 Å². The number of imide groups is 1. The van der Waals surface area contributed by atoms with Crippen molar-refractivity contribution < 1.29 is 19.1 Å².